The van der Waals surface area contributed by atoms with Gasteiger partial charge >= 0.3 is 6.03 Å². The van der Waals surface area contributed by atoms with Crippen LogP contribution >= 0.6 is 11.6 Å². The summed E-state index contributed by atoms with van der Waals surface area (Å²) in [5.74, 6) is 0. The molecule has 0 aliphatic heterocycles. The van der Waals surface area contributed by atoms with Crippen LogP contribution in [-0.4, -0.2) is 33.4 Å². The predicted molar refractivity (Wildman–Crippen MR) is 88.4 cm³/mol. The molecule has 0 spiro atoms. The molecule has 2 amide bonds. The van der Waals surface area contributed by atoms with E-state index in [1.165, 1.54) is 11.9 Å². The average Bonchev–Trinajstić information content (AvgIpc) is 3.15. The molecule has 1 saturated carbocycles. The van der Waals surface area contributed by atoms with Crippen LogP contribution < -0.4 is 10.6 Å². The zero-order chi connectivity index (χ0) is 16.3. The first kappa shape index (κ1) is 15.8. The fourth-order valence-electron chi connectivity index (χ4n) is 2.71. The number of benzene rings is 1. The number of nitrogens with zero attached hydrogens (tertiary/aromatic N) is 3. The van der Waals surface area contributed by atoms with Gasteiger partial charge in [-0.25, -0.2) is 9.78 Å². The van der Waals surface area contributed by atoms with Gasteiger partial charge in [-0.15, -0.1) is 0 Å². The van der Waals surface area contributed by atoms with E-state index < -0.39 is 0 Å². The number of aromatic nitrogens is 3. The molecule has 1 atom stereocenters. The number of halogens is 1. The minimum atomic E-state index is -0.161. The van der Waals surface area contributed by atoms with Crippen LogP contribution in [0, 0.1) is 0 Å². The number of nitrogens with one attached hydrogen (secondary N) is 2. The van der Waals surface area contributed by atoms with Crippen LogP contribution in [0.5, 0.6) is 0 Å². The van der Waals surface area contributed by atoms with Gasteiger partial charge in [0.05, 0.1) is 6.54 Å². The van der Waals surface area contributed by atoms with Crippen LogP contribution in [0.1, 0.15) is 25.3 Å². The number of rotatable bonds is 6. The van der Waals surface area contributed by atoms with E-state index in [1.54, 1.807) is 11.0 Å². The second-order valence-electron chi connectivity index (χ2n) is 6.14. The summed E-state index contributed by atoms with van der Waals surface area (Å²) in [5.41, 5.74) is 1.23. The second kappa shape index (κ2) is 6.58. The third-order valence-electron chi connectivity index (χ3n) is 4.18. The molecule has 1 unspecified atom stereocenters. The average molecular weight is 334 g/mol. The van der Waals surface area contributed by atoms with Gasteiger partial charge < -0.3 is 10.6 Å². The standard InChI is InChI=1S/C16H20ClN5O/c1-12(8-22-11-18-10-20-22)21-15(23)19-9-16(5-6-16)13-3-2-4-14(17)7-13/h2-4,7,10-12H,5-6,8-9H2,1H3,(H2,19,21,23). The summed E-state index contributed by atoms with van der Waals surface area (Å²) in [4.78, 5) is 15.9. The van der Waals surface area contributed by atoms with E-state index in [2.05, 4.69) is 26.8 Å². The van der Waals surface area contributed by atoms with Crippen molar-refractivity contribution in [1.29, 1.82) is 0 Å². The minimum absolute atomic E-state index is 0.0296. The Morgan fingerprint density at radius 3 is 2.96 bits per heavy atom. The first-order valence-corrected chi connectivity index (χ1v) is 8.08. The number of carbonyl (C=O) groups is 1. The Balaban J connectivity index is 1.49. The second-order valence-corrected chi connectivity index (χ2v) is 6.57. The van der Waals surface area contributed by atoms with Gasteiger partial charge in [0.25, 0.3) is 0 Å². The van der Waals surface area contributed by atoms with Crippen molar-refractivity contribution in [2.45, 2.75) is 37.8 Å². The van der Waals surface area contributed by atoms with Gasteiger partial charge in [0.2, 0.25) is 0 Å². The molecular weight excluding hydrogens is 314 g/mol. The molecule has 6 nitrogen and oxygen atoms in total. The van der Waals surface area contributed by atoms with Gasteiger partial charge in [-0.3, -0.25) is 4.68 Å². The zero-order valence-electron chi connectivity index (χ0n) is 13.0. The summed E-state index contributed by atoms with van der Waals surface area (Å²) in [7, 11) is 0. The fraction of sp³-hybridized carbons (Fsp3) is 0.438. The molecule has 3 rings (SSSR count). The molecule has 1 heterocycles. The molecule has 1 aromatic heterocycles. The Bertz CT molecular complexity index is 669. The summed E-state index contributed by atoms with van der Waals surface area (Å²) in [6.07, 6.45) is 5.26. The van der Waals surface area contributed by atoms with Crippen molar-refractivity contribution in [3.63, 3.8) is 0 Å². The number of carbonyl (C=O) groups excluding carboxylic acids is 1. The molecule has 1 aliphatic carbocycles. The van der Waals surface area contributed by atoms with Crippen LogP contribution in [0.25, 0.3) is 0 Å². The third kappa shape index (κ3) is 4.01. The summed E-state index contributed by atoms with van der Waals surface area (Å²) < 4.78 is 1.69. The molecule has 2 aromatic rings. The SMILES string of the molecule is CC(Cn1cncn1)NC(=O)NCC1(c2cccc(Cl)c2)CC1. The van der Waals surface area contributed by atoms with Crippen molar-refractivity contribution in [3.05, 3.63) is 47.5 Å². The van der Waals surface area contributed by atoms with E-state index >= 15 is 0 Å². The van der Waals surface area contributed by atoms with Crippen LogP contribution in [-0.2, 0) is 12.0 Å². The summed E-state index contributed by atoms with van der Waals surface area (Å²) in [6, 6.07) is 7.70. The topological polar surface area (TPSA) is 71.8 Å². The van der Waals surface area contributed by atoms with Gasteiger partial charge in [0.15, 0.2) is 0 Å². The Morgan fingerprint density at radius 2 is 2.30 bits per heavy atom. The molecule has 1 fully saturated rings. The Labute approximate surface area is 140 Å². The summed E-state index contributed by atoms with van der Waals surface area (Å²) >= 11 is 6.06. The highest BCUT2D eigenvalue weighted by Gasteiger charge is 2.44. The molecule has 0 radical (unpaired) electrons. The van der Waals surface area contributed by atoms with Crippen LogP contribution in [0.3, 0.4) is 0 Å². The van der Waals surface area contributed by atoms with Crippen LogP contribution in [0.2, 0.25) is 5.02 Å². The monoisotopic (exact) mass is 333 g/mol. The molecular formula is C16H20ClN5O. The van der Waals surface area contributed by atoms with Gasteiger partial charge in [-0.05, 0) is 37.5 Å². The maximum atomic E-state index is 12.1. The molecule has 122 valence electrons. The van der Waals surface area contributed by atoms with Crippen molar-refractivity contribution in [3.8, 4) is 0 Å². The smallest absolute Gasteiger partial charge is 0.315 e. The van der Waals surface area contributed by atoms with Crippen molar-refractivity contribution in [2.75, 3.05) is 6.54 Å². The quantitative estimate of drug-likeness (QED) is 0.852. The van der Waals surface area contributed by atoms with Crippen molar-refractivity contribution < 1.29 is 4.79 Å². The van der Waals surface area contributed by atoms with Crippen molar-refractivity contribution >= 4 is 17.6 Å². The van der Waals surface area contributed by atoms with E-state index in [0.29, 0.717) is 13.1 Å². The normalized spacial score (nSPS) is 16.6. The van der Waals surface area contributed by atoms with Crippen molar-refractivity contribution in [1.82, 2.24) is 25.4 Å². The number of amides is 2. The Morgan fingerprint density at radius 1 is 1.48 bits per heavy atom. The number of hydrogen-bond donors (Lipinski definition) is 2. The highest BCUT2D eigenvalue weighted by molar-refractivity contribution is 6.30. The Kier molecular flexibility index (Phi) is 4.52. The molecule has 0 bridgehead atoms. The highest BCUT2D eigenvalue weighted by atomic mass is 35.5. The first-order valence-electron chi connectivity index (χ1n) is 7.70. The van der Waals surface area contributed by atoms with Crippen LogP contribution in [0.4, 0.5) is 4.79 Å². The number of urea groups is 1. The minimum Gasteiger partial charge on any atom is -0.337 e. The van der Waals surface area contributed by atoms with E-state index in [4.69, 9.17) is 11.6 Å². The lowest BCUT2D eigenvalue weighted by atomic mass is 9.96. The fourth-order valence-corrected chi connectivity index (χ4v) is 2.90. The lowest BCUT2D eigenvalue weighted by molar-refractivity contribution is 0.235. The largest absolute Gasteiger partial charge is 0.337 e. The molecule has 1 aromatic carbocycles. The highest BCUT2D eigenvalue weighted by Crippen LogP contribution is 2.48. The molecule has 2 N–H and O–H groups in total. The van der Waals surface area contributed by atoms with Gasteiger partial charge in [-0.1, -0.05) is 23.7 Å². The summed E-state index contributed by atoms with van der Waals surface area (Å²) in [6.45, 7) is 3.15. The lowest BCUT2D eigenvalue weighted by Crippen LogP contribution is -2.45. The van der Waals surface area contributed by atoms with Gasteiger partial charge in [-0.2, -0.15) is 5.10 Å². The predicted octanol–water partition coefficient (Wildman–Crippen LogP) is 2.35. The first-order chi connectivity index (χ1) is 11.1. The Hall–Kier alpha value is -2.08. The zero-order valence-corrected chi connectivity index (χ0v) is 13.8. The van der Waals surface area contributed by atoms with E-state index in [-0.39, 0.29) is 17.5 Å². The third-order valence-corrected chi connectivity index (χ3v) is 4.42. The van der Waals surface area contributed by atoms with E-state index in [0.717, 1.165) is 17.9 Å². The maximum absolute atomic E-state index is 12.1. The van der Waals surface area contributed by atoms with Gasteiger partial charge in [0, 0.05) is 23.0 Å². The van der Waals surface area contributed by atoms with Gasteiger partial charge in [0.1, 0.15) is 12.7 Å². The molecule has 1 aliphatic rings. The molecule has 23 heavy (non-hydrogen) atoms. The lowest BCUT2D eigenvalue weighted by Gasteiger charge is -2.19. The van der Waals surface area contributed by atoms with E-state index in [1.807, 2.05) is 25.1 Å². The number of hydrogen-bond acceptors (Lipinski definition) is 3. The molecule has 7 heteroatoms. The van der Waals surface area contributed by atoms with E-state index in [9.17, 15) is 4.79 Å². The van der Waals surface area contributed by atoms with Crippen LogP contribution in [0.15, 0.2) is 36.9 Å². The molecule has 0 saturated heterocycles. The van der Waals surface area contributed by atoms with Crippen molar-refractivity contribution in [2.24, 2.45) is 0 Å². The summed E-state index contributed by atoms with van der Waals surface area (Å²) in [5, 5.41) is 10.7. The maximum Gasteiger partial charge on any atom is 0.315 e.